The van der Waals surface area contributed by atoms with Crippen LogP contribution in [0, 0.1) is 6.92 Å². The van der Waals surface area contributed by atoms with E-state index in [1.807, 2.05) is 6.20 Å². The third-order valence-corrected chi connectivity index (χ3v) is 3.45. The van der Waals surface area contributed by atoms with Gasteiger partial charge in [0.25, 0.3) is 0 Å². The number of likely N-dealkylation sites (N-methyl/N-ethyl adjacent to an activating group) is 1. The Morgan fingerprint density at radius 1 is 1.33 bits per heavy atom. The van der Waals surface area contributed by atoms with Gasteiger partial charge in [0.2, 0.25) is 0 Å². The van der Waals surface area contributed by atoms with Gasteiger partial charge < -0.3 is 10.2 Å². The van der Waals surface area contributed by atoms with Crippen molar-refractivity contribution < 1.29 is 0 Å². The lowest BCUT2D eigenvalue weighted by atomic mass is 10.2. The first-order chi connectivity index (χ1) is 8.60. The van der Waals surface area contributed by atoms with Crippen LogP contribution < -0.4 is 5.32 Å². The zero-order valence-corrected chi connectivity index (χ0v) is 12.5. The molecule has 0 aliphatic heterocycles. The molecule has 0 fully saturated rings. The van der Waals surface area contributed by atoms with Crippen LogP contribution in [-0.4, -0.2) is 40.9 Å². The van der Waals surface area contributed by atoms with E-state index in [4.69, 9.17) is 0 Å². The molecule has 0 atom stereocenters. The highest BCUT2D eigenvalue weighted by Crippen LogP contribution is 2.12. The van der Waals surface area contributed by atoms with Gasteiger partial charge >= 0.3 is 0 Å². The van der Waals surface area contributed by atoms with Crippen molar-refractivity contribution in [3.8, 4) is 0 Å². The minimum atomic E-state index is 0.439. The van der Waals surface area contributed by atoms with Gasteiger partial charge in [-0.3, -0.25) is 4.68 Å². The Bertz CT molecular complexity index is 340. The van der Waals surface area contributed by atoms with E-state index in [1.165, 1.54) is 11.3 Å². The molecule has 0 spiro atoms. The maximum Gasteiger partial charge on any atom is 0.0537 e. The minimum absolute atomic E-state index is 0.439. The smallest absolute Gasteiger partial charge is 0.0537 e. The Morgan fingerprint density at radius 3 is 2.50 bits per heavy atom. The number of hydrogen-bond acceptors (Lipinski definition) is 3. The molecule has 0 radical (unpaired) electrons. The first kappa shape index (κ1) is 15.2. The highest BCUT2D eigenvalue weighted by molar-refractivity contribution is 5.16. The molecule has 0 aromatic carbocycles. The van der Waals surface area contributed by atoms with Crippen LogP contribution in [0.25, 0.3) is 0 Å². The summed E-state index contributed by atoms with van der Waals surface area (Å²) in [5.74, 6) is 0. The van der Waals surface area contributed by atoms with Gasteiger partial charge in [0.05, 0.1) is 6.20 Å². The van der Waals surface area contributed by atoms with E-state index in [-0.39, 0.29) is 0 Å². The van der Waals surface area contributed by atoms with E-state index in [9.17, 15) is 0 Å². The zero-order chi connectivity index (χ0) is 13.5. The van der Waals surface area contributed by atoms with Gasteiger partial charge in [-0.2, -0.15) is 5.10 Å². The van der Waals surface area contributed by atoms with Crippen LogP contribution in [0.5, 0.6) is 0 Å². The van der Waals surface area contributed by atoms with Gasteiger partial charge in [0.15, 0.2) is 0 Å². The van der Waals surface area contributed by atoms with E-state index in [2.05, 4.69) is 54.6 Å². The Hall–Kier alpha value is -0.870. The second-order valence-electron chi connectivity index (χ2n) is 5.00. The average molecular weight is 252 g/mol. The molecule has 0 saturated carbocycles. The van der Waals surface area contributed by atoms with Gasteiger partial charge in [-0.1, -0.05) is 13.8 Å². The molecule has 1 aromatic rings. The fourth-order valence-corrected chi connectivity index (χ4v) is 2.15. The number of aromatic nitrogens is 2. The minimum Gasteiger partial charge on any atom is -0.311 e. The summed E-state index contributed by atoms with van der Waals surface area (Å²) < 4.78 is 2.08. The van der Waals surface area contributed by atoms with Gasteiger partial charge in [0, 0.05) is 36.9 Å². The molecule has 4 nitrogen and oxygen atoms in total. The lowest BCUT2D eigenvalue weighted by Crippen LogP contribution is -2.31. The van der Waals surface area contributed by atoms with Crippen molar-refractivity contribution in [1.82, 2.24) is 20.0 Å². The molecule has 0 aliphatic carbocycles. The molecule has 4 heteroatoms. The van der Waals surface area contributed by atoms with Gasteiger partial charge in [-0.15, -0.1) is 0 Å². The second-order valence-corrected chi connectivity index (χ2v) is 5.00. The third-order valence-electron chi connectivity index (χ3n) is 3.45. The molecule has 0 saturated heterocycles. The molecule has 1 heterocycles. The highest BCUT2D eigenvalue weighted by atomic mass is 15.3. The second kappa shape index (κ2) is 7.54. The maximum absolute atomic E-state index is 4.43. The van der Waals surface area contributed by atoms with Crippen molar-refractivity contribution in [2.24, 2.45) is 0 Å². The molecule has 0 bridgehead atoms. The molecule has 0 amide bonds. The lowest BCUT2D eigenvalue weighted by molar-refractivity contribution is 0.302. The highest BCUT2D eigenvalue weighted by Gasteiger charge is 2.08. The third kappa shape index (κ3) is 4.10. The van der Waals surface area contributed by atoms with Crippen LogP contribution in [-0.2, 0) is 6.54 Å². The summed E-state index contributed by atoms with van der Waals surface area (Å²) in [5, 5.41) is 7.93. The molecule has 1 aromatic heterocycles. The van der Waals surface area contributed by atoms with Crippen molar-refractivity contribution in [2.75, 3.05) is 26.2 Å². The van der Waals surface area contributed by atoms with E-state index >= 15 is 0 Å². The van der Waals surface area contributed by atoms with E-state index in [0.29, 0.717) is 6.04 Å². The quantitative estimate of drug-likeness (QED) is 0.720. The molecular weight excluding hydrogens is 224 g/mol. The normalized spacial score (nSPS) is 11.7. The Morgan fingerprint density at radius 2 is 2.00 bits per heavy atom. The predicted octanol–water partition coefficient (Wildman–Crippen LogP) is 2.20. The van der Waals surface area contributed by atoms with Gasteiger partial charge in [-0.25, -0.2) is 0 Å². The molecule has 0 aliphatic rings. The van der Waals surface area contributed by atoms with Crippen LogP contribution in [0.2, 0.25) is 0 Å². The first-order valence-corrected chi connectivity index (χ1v) is 7.06. The zero-order valence-electron chi connectivity index (χ0n) is 12.5. The Labute approximate surface area is 111 Å². The van der Waals surface area contributed by atoms with E-state index in [1.54, 1.807) is 0 Å². The van der Waals surface area contributed by atoms with Gasteiger partial charge in [-0.05, 0) is 33.9 Å². The van der Waals surface area contributed by atoms with Gasteiger partial charge in [0.1, 0.15) is 0 Å². The molecular formula is C14H28N4. The van der Waals surface area contributed by atoms with E-state index < -0.39 is 0 Å². The van der Waals surface area contributed by atoms with Crippen LogP contribution >= 0.6 is 0 Å². The first-order valence-electron chi connectivity index (χ1n) is 7.06. The fourth-order valence-electron chi connectivity index (χ4n) is 2.15. The average Bonchev–Trinajstić information content (AvgIpc) is 2.71. The summed E-state index contributed by atoms with van der Waals surface area (Å²) >= 11 is 0. The van der Waals surface area contributed by atoms with Crippen molar-refractivity contribution in [3.05, 3.63) is 17.5 Å². The summed E-state index contributed by atoms with van der Waals surface area (Å²) in [5.41, 5.74) is 2.59. The predicted molar refractivity (Wildman–Crippen MR) is 76.8 cm³/mol. The summed E-state index contributed by atoms with van der Waals surface area (Å²) in [6.45, 7) is 16.2. The SMILES string of the molecule is CCN(CC)CCNCc1cnn(C(C)C)c1C. The van der Waals surface area contributed by atoms with Crippen molar-refractivity contribution in [2.45, 2.75) is 47.2 Å². The van der Waals surface area contributed by atoms with Crippen LogP contribution in [0.4, 0.5) is 0 Å². The molecule has 0 unspecified atom stereocenters. The Kier molecular flexibility index (Phi) is 6.36. The number of rotatable bonds is 8. The van der Waals surface area contributed by atoms with Crippen molar-refractivity contribution >= 4 is 0 Å². The maximum atomic E-state index is 4.43. The van der Waals surface area contributed by atoms with Crippen LogP contribution in [0.15, 0.2) is 6.20 Å². The molecule has 1 rings (SSSR count). The fraction of sp³-hybridized carbons (Fsp3) is 0.786. The van der Waals surface area contributed by atoms with Crippen LogP contribution in [0.1, 0.15) is 45.0 Å². The van der Waals surface area contributed by atoms with Crippen molar-refractivity contribution in [1.29, 1.82) is 0 Å². The van der Waals surface area contributed by atoms with Crippen LogP contribution in [0.3, 0.4) is 0 Å². The summed E-state index contributed by atoms with van der Waals surface area (Å²) in [6, 6.07) is 0.439. The van der Waals surface area contributed by atoms with E-state index in [0.717, 1.165) is 32.7 Å². The topological polar surface area (TPSA) is 33.1 Å². The standard InChI is InChI=1S/C14H28N4/c1-6-17(7-2)9-8-15-10-14-11-16-18(12(3)4)13(14)5/h11-12,15H,6-10H2,1-5H3. The molecule has 18 heavy (non-hydrogen) atoms. The summed E-state index contributed by atoms with van der Waals surface area (Å²) in [6.07, 6.45) is 1.99. The monoisotopic (exact) mass is 252 g/mol. The summed E-state index contributed by atoms with van der Waals surface area (Å²) in [7, 11) is 0. The number of hydrogen-bond donors (Lipinski definition) is 1. The van der Waals surface area contributed by atoms with Crippen molar-refractivity contribution in [3.63, 3.8) is 0 Å². The largest absolute Gasteiger partial charge is 0.311 e. The summed E-state index contributed by atoms with van der Waals surface area (Å²) in [4.78, 5) is 2.43. The Balaban J connectivity index is 2.36. The number of nitrogens with one attached hydrogen (secondary N) is 1. The molecule has 104 valence electrons. The lowest BCUT2D eigenvalue weighted by Gasteiger charge is -2.18. The number of nitrogens with zero attached hydrogens (tertiary/aromatic N) is 3. The molecule has 1 N–H and O–H groups in total.